The van der Waals surface area contributed by atoms with Crippen molar-refractivity contribution in [3.8, 4) is 0 Å². The first-order valence-electron chi connectivity index (χ1n) is 7.41. The Hall–Kier alpha value is -2.44. The monoisotopic (exact) mass is 321 g/mol. The predicted octanol–water partition coefficient (Wildman–Crippen LogP) is 1.36. The molecule has 124 valence electrons. The van der Waals surface area contributed by atoms with Gasteiger partial charge in [-0.3, -0.25) is 14.5 Å². The lowest BCUT2D eigenvalue weighted by atomic mass is 9.92. The van der Waals surface area contributed by atoms with E-state index in [-0.39, 0.29) is 12.5 Å². The molecule has 0 unspecified atom stereocenters. The summed E-state index contributed by atoms with van der Waals surface area (Å²) in [6.07, 6.45) is 0. The molecule has 2 N–H and O–H groups in total. The Balaban J connectivity index is 2.13. The molecule has 1 heterocycles. The smallest absolute Gasteiger partial charge is 0.325 e. The third-order valence-electron chi connectivity index (χ3n) is 3.71. The van der Waals surface area contributed by atoms with Crippen LogP contribution in [0.5, 0.6) is 0 Å². The van der Waals surface area contributed by atoms with Crippen LogP contribution in [0.3, 0.4) is 0 Å². The second kappa shape index (κ2) is 6.36. The Labute approximate surface area is 134 Å². The number of nitrogens with one attached hydrogen (secondary N) is 2. The number of nitrogens with zero attached hydrogens (tertiary/aromatic N) is 1. The van der Waals surface area contributed by atoms with Gasteiger partial charge in [-0.2, -0.15) is 0 Å². The number of hydrogen-bond donors (Lipinski definition) is 2. The molecule has 1 atom stereocenters. The maximum atomic E-state index is 13.0. The molecule has 0 aliphatic carbocycles. The fourth-order valence-corrected chi connectivity index (χ4v) is 2.34. The molecule has 0 radical (unpaired) electrons. The number of benzene rings is 1. The van der Waals surface area contributed by atoms with Crippen molar-refractivity contribution in [1.29, 1.82) is 0 Å². The molecular formula is C16H20FN3O3. The van der Waals surface area contributed by atoms with E-state index in [2.05, 4.69) is 10.6 Å². The number of halogens is 1. The van der Waals surface area contributed by atoms with Crippen molar-refractivity contribution >= 4 is 17.8 Å². The lowest BCUT2D eigenvalue weighted by Crippen LogP contribution is -2.43. The molecular weight excluding hydrogens is 301 g/mol. The quantitative estimate of drug-likeness (QED) is 0.804. The van der Waals surface area contributed by atoms with Gasteiger partial charge in [-0.05, 0) is 30.5 Å². The molecule has 1 aromatic rings. The number of imide groups is 1. The van der Waals surface area contributed by atoms with Crippen molar-refractivity contribution in [1.82, 2.24) is 15.5 Å². The van der Waals surface area contributed by atoms with Crippen LogP contribution in [0.1, 0.15) is 26.3 Å². The molecule has 7 heteroatoms. The van der Waals surface area contributed by atoms with Gasteiger partial charge in [-0.1, -0.05) is 26.0 Å². The van der Waals surface area contributed by atoms with Crippen LogP contribution in [-0.2, 0) is 15.1 Å². The number of rotatable bonds is 5. The van der Waals surface area contributed by atoms with Gasteiger partial charge in [-0.25, -0.2) is 9.18 Å². The van der Waals surface area contributed by atoms with Crippen LogP contribution in [0.15, 0.2) is 24.3 Å². The molecule has 1 aliphatic heterocycles. The summed E-state index contributed by atoms with van der Waals surface area (Å²) < 4.78 is 13.0. The van der Waals surface area contributed by atoms with E-state index in [0.29, 0.717) is 12.1 Å². The van der Waals surface area contributed by atoms with Gasteiger partial charge < -0.3 is 10.6 Å². The van der Waals surface area contributed by atoms with Gasteiger partial charge in [0.1, 0.15) is 17.9 Å². The molecule has 1 aromatic carbocycles. The zero-order chi connectivity index (χ0) is 17.2. The van der Waals surface area contributed by atoms with Gasteiger partial charge in [0.15, 0.2) is 0 Å². The second-order valence-corrected chi connectivity index (χ2v) is 6.15. The number of amides is 4. The fourth-order valence-electron chi connectivity index (χ4n) is 2.34. The maximum absolute atomic E-state index is 13.0. The summed E-state index contributed by atoms with van der Waals surface area (Å²) in [4.78, 5) is 37.3. The van der Waals surface area contributed by atoms with E-state index in [0.717, 1.165) is 4.90 Å². The Bertz CT molecular complexity index is 630. The molecule has 0 bridgehead atoms. The van der Waals surface area contributed by atoms with Crippen LogP contribution in [-0.4, -0.2) is 35.8 Å². The Morgan fingerprint density at radius 1 is 1.30 bits per heavy atom. The lowest BCUT2D eigenvalue weighted by Gasteiger charge is -2.22. The molecule has 2 rings (SSSR count). The average Bonchev–Trinajstić information content (AvgIpc) is 2.70. The zero-order valence-corrected chi connectivity index (χ0v) is 13.4. The highest BCUT2D eigenvalue weighted by Crippen LogP contribution is 2.28. The van der Waals surface area contributed by atoms with Crippen molar-refractivity contribution in [2.75, 3.05) is 13.1 Å². The van der Waals surface area contributed by atoms with E-state index >= 15 is 0 Å². The minimum atomic E-state index is -1.30. The van der Waals surface area contributed by atoms with Crippen LogP contribution in [0.2, 0.25) is 0 Å². The van der Waals surface area contributed by atoms with Gasteiger partial charge in [0.05, 0.1) is 0 Å². The van der Waals surface area contributed by atoms with E-state index in [4.69, 9.17) is 0 Å². The first-order valence-corrected chi connectivity index (χ1v) is 7.41. The average molecular weight is 321 g/mol. The van der Waals surface area contributed by atoms with Gasteiger partial charge >= 0.3 is 6.03 Å². The van der Waals surface area contributed by atoms with Crippen LogP contribution < -0.4 is 10.6 Å². The summed E-state index contributed by atoms with van der Waals surface area (Å²) in [5.74, 6) is -1.09. The SMILES string of the molecule is CC(C)CNC(=O)CN1C(=O)N[C@](C)(c2ccc(F)cc2)C1=O. The minimum Gasteiger partial charge on any atom is -0.354 e. The van der Waals surface area contributed by atoms with Crippen LogP contribution in [0.4, 0.5) is 9.18 Å². The highest BCUT2D eigenvalue weighted by atomic mass is 19.1. The molecule has 0 aromatic heterocycles. The zero-order valence-electron chi connectivity index (χ0n) is 13.4. The molecule has 0 spiro atoms. The summed E-state index contributed by atoms with van der Waals surface area (Å²) in [5.41, 5.74) is -0.842. The van der Waals surface area contributed by atoms with E-state index in [9.17, 15) is 18.8 Å². The number of hydrogen-bond acceptors (Lipinski definition) is 3. The molecule has 1 fully saturated rings. The number of carbonyl (C=O) groups is 3. The third-order valence-corrected chi connectivity index (χ3v) is 3.71. The summed E-state index contributed by atoms with van der Waals surface area (Å²) in [6, 6.07) is 4.68. The summed E-state index contributed by atoms with van der Waals surface area (Å²) in [7, 11) is 0. The maximum Gasteiger partial charge on any atom is 0.325 e. The number of urea groups is 1. The van der Waals surface area contributed by atoms with Crippen molar-refractivity contribution in [2.45, 2.75) is 26.3 Å². The van der Waals surface area contributed by atoms with Crippen molar-refractivity contribution < 1.29 is 18.8 Å². The van der Waals surface area contributed by atoms with Gasteiger partial charge in [0.25, 0.3) is 5.91 Å². The summed E-state index contributed by atoms with van der Waals surface area (Å²) in [5, 5.41) is 5.23. The van der Waals surface area contributed by atoms with E-state index in [1.54, 1.807) is 0 Å². The molecule has 1 aliphatic rings. The second-order valence-electron chi connectivity index (χ2n) is 6.15. The largest absolute Gasteiger partial charge is 0.354 e. The molecule has 1 saturated heterocycles. The molecule has 4 amide bonds. The minimum absolute atomic E-state index is 0.270. The molecule has 0 saturated carbocycles. The molecule has 6 nitrogen and oxygen atoms in total. The van der Waals surface area contributed by atoms with Crippen LogP contribution >= 0.6 is 0 Å². The lowest BCUT2D eigenvalue weighted by molar-refractivity contribution is -0.134. The van der Waals surface area contributed by atoms with Crippen molar-refractivity contribution in [3.63, 3.8) is 0 Å². The Morgan fingerprint density at radius 3 is 2.48 bits per heavy atom. The first kappa shape index (κ1) is 16.9. The van der Waals surface area contributed by atoms with E-state index in [1.165, 1.54) is 31.2 Å². The van der Waals surface area contributed by atoms with Gasteiger partial charge in [0, 0.05) is 6.54 Å². The third kappa shape index (κ3) is 3.49. The topological polar surface area (TPSA) is 78.5 Å². The fraction of sp³-hybridized carbons (Fsp3) is 0.438. The van der Waals surface area contributed by atoms with Crippen LogP contribution in [0, 0.1) is 11.7 Å². The Kier molecular flexibility index (Phi) is 4.68. The number of carbonyl (C=O) groups excluding carboxylic acids is 3. The van der Waals surface area contributed by atoms with E-state index in [1.807, 2.05) is 13.8 Å². The van der Waals surface area contributed by atoms with Crippen molar-refractivity contribution in [2.24, 2.45) is 5.92 Å². The highest BCUT2D eigenvalue weighted by molar-refractivity contribution is 6.09. The van der Waals surface area contributed by atoms with E-state index < -0.39 is 29.2 Å². The highest BCUT2D eigenvalue weighted by Gasteiger charge is 2.49. The summed E-state index contributed by atoms with van der Waals surface area (Å²) in [6.45, 7) is 5.55. The first-order chi connectivity index (χ1) is 10.7. The van der Waals surface area contributed by atoms with Crippen LogP contribution in [0.25, 0.3) is 0 Å². The van der Waals surface area contributed by atoms with Crippen molar-refractivity contribution in [3.05, 3.63) is 35.6 Å². The van der Waals surface area contributed by atoms with Gasteiger partial charge in [0.2, 0.25) is 5.91 Å². The standard InChI is InChI=1S/C16H20FN3O3/c1-10(2)8-18-13(21)9-20-14(22)16(3,19-15(20)23)11-4-6-12(17)7-5-11/h4-7,10H,8-9H2,1-3H3,(H,18,21)(H,19,23)/t16-/m1/s1. The predicted molar refractivity (Wildman–Crippen MR) is 81.8 cm³/mol. The molecule has 23 heavy (non-hydrogen) atoms. The normalized spacial score (nSPS) is 20.8. The van der Waals surface area contributed by atoms with Gasteiger partial charge in [-0.15, -0.1) is 0 Å². The Morgan fingerprint density at radius 2 is 1.91 bits per heavy atom. The summed E-state index contributed by atoms with van der Waals surface area (Å²) >= 11 is 0.